The van der Waals surface area contributed by atoms with Crippen molar-refractivity contribution in [3.8, 4) is 0 Å². The number of hydrogen-bond donors (Lipinski definition) is 1. The van der Waals surface area contributed by atoms with E-state index >= 15 is 0 Å². The molecule has 0 spiro atoms. The summed E-state index contributed by atoms with van der Waals surface area (Å²) in [6, 6.07) is 0. The summed E-state index contributed by atoms with van der Waals surface area (Å²) in [5, 5.41) is 10.6. The molecule has 7 nitrogen and oxygen atoms in total. The van der Waals surface area contributed by atoms with Crippen LogP contribution >= 0.6 is 0 Å². The Bertz CT molecular complexity index is 546. The molecule has 0 bridgehead atoms. The summed E-state index contributed by atoms with van der Waals surface area (Å²) < 4.78 is 23.6. The van der Waals surface area contributed by atoms with E-state index in [0.29, 0.717) is 19.6 Å². The van der Waals surface area contributed by atoms with Crippen LogP contribution in [0.4, 0.5) is 0 Å². The smallest absolute Gasteiger partial charge is 0.305 e. The van der Waals surface area contributed by atoms with Gasteiger partial charge in [0.1, 0.15) is 24.9 Å². The number of aliphatic hydroxyl groups excluding tert-OH is 1. The van der Waals surface area contributed by atoms with Crippen LogP contribution in [0.5, 0.6) is 0 Å². The molecule has 7 heteroatoms. The second kappa shape index (κ2) is 24.1. The van der Waals surface area contributed by atoms with Crippen LogP contribution in [0.15, 0.2) is 0 Å². The number of carbonyl (C=O) groups is 1. The highest BCUT2D eigenvalue weighted by molar-refractivity contribution is 5.69. The third-order valence-corrected chi connectivity index (χ3v) is 7.30. The van der Waals surface area contributed by atoms with E-state index < -0.39 is 24.6 Å². The minimum absolute atomic E-state index is 0.0809. The third kappa shape index (κ3) is 17.8. The molecule has 1 saturated heterocycles. The van der Waals surface area contributed by atoms with Gasteiger partial charge in [0, 0.05) is 19.6 Å². The Hall–Kier alpha value is -0.730. The molecule has 0 amide bonds. The molecular formula is C31H61NO6. The summed E-state index contributed by atoms with van der Waals surface area (Å²) >= 11 is 0. The zero-order valence-electron chi connectivity index (χ0n) is 25.3. The number of ether oxygens (including phenoxy) is 4. The molecule has 4 atom stereocenters. The van der Waals surface area contributed by atoms with Crippen molar-refractivity contribution in [1.29, 1.82) is 0 Å². The molecule has 0 aromatic carbocycles. The topological polar surface area (TPSA) is 77.5 Å². The molecule has 0 radical (unpaired) electrons. The highest BCUT2D eigenvalue weighted by atomic mass is 16.7. The van der Waals surface area contributed by atoms with Gasteiger partial charge in [-0.25, -0.2) is 0 Å². The lowest BCUT2D eigenvalue weighted by Crippen LogP contribution is -2.40. The molecular weight excluding hydrogens is 482 g/mol. The van der Waals surface area contributed by atoms with Crippen LogP contribution in [-0.2, 0) is 23.7 Å². The van der Waals surface area contributed by atoms with Crippen molar-refractivity contribution in [2.45, 2.75) is 154 Å². The first-order valence-electron chi connectivity index (χ1n) is 15.9. The number of nitrogens with zero attached hydrogens (tertiary/aromatic N) is 1. The lowest BCUT2D eigenvalue weighted by atomic mass is 10.1. The zero-order chi connectivity index (χ0) is 27.8. The Labute approximate surface area is 234 Å². The number of aliphatic hydroxyl groups is 1. The van der Waals surface area contributed by atoms with Crippen molar-refractivity contribution in [2.75, 3.05) is 40.5 Å². The number of carbonyl (C=O) groups excluding carboxylic acids is 1. The van der Waals surface area contributed by atoms with E-state index in [2.05, 4.69) is 13.8 Å². The largest absolute Gasteiger partial charge is 0.463 e. The Morgan fingerprint density at radius 3 is 1.68 bits per heavy atom. The minimum atomic E-state index is -1.06. The molecule has 1 N–H and O–H groups in total. The zero-order valence-corrected chi connectivity index (χ0v) is 25.3. The van der Waals surface area contributed by atoms with Gasteiger partial charge in [0.25, 0.3) is 0 Å². The lowest BCUT2D eigenvalue weighted by molar-refractivity contribution is -0.161. The molecule has 1 fully saturated rings. The molecule has 226 valence electrons. The fourth-order valence-electron chi connectivity index (χ4n) is 4.92. The first kappa shape index (κ1) is 35.3. The van der Waals surface area contributed by atoms with Crippen molar-refractivity contribution < 1.29 is 28.8 Å². The van der Waals surface area contributed by atoms with Crippen molar-refractivity contribution >= 4 is 5.97 Å². The van der Waals surface area contributed by atoms with Crippen LogP contribution in [0.2, 0.25) is 0 Å². The van der Waals surface area contributed by atoms with E-state index in [-0.39, 0.29) is 12.6 Å². The fraction of sp³-hybridized carbons (Fsp3) is 0.968. The number of unbranched alkanes of at least 4 members (excludes halogenated alkanes) is 14. The van der Waals surface area contributed by atoms with Gasteiger partial charge in [0.05, 0.1) is 0 Å². The standard InChI is InChI=1S/C31H61NO6/c1-5-7-9-11-13-15-17-19-24-35-29-27(26-37-28(33)22-21-23-32(3)4)38-31(34)30(29)36-25-20-18-16-14-12-10-8-6-2/h27,29-31,34H,5-26H2,1-4H3/t27-,29+,30?,31-/m1/s1. The molecule has 0 aliphatic carbocycles. The highest BCUT2D eigenvalue weighted by Gasteiger charge is 2.46. The number of esters is 1. The second-order valence-corrected chi connectivity index (χ2v) is 11.3. The van der Waals surface area contributed by atoms with Gasteiger partial charge in [-0.1, -0.05) is 104 Å². The van der Waals surface area contributed by atoms with Crippen molar-refractivity contribution in [3.05, 3.63) is 0 Å². The summed E-state index contributed by atoms with van der Waals surface area (Å²) in [4.78, 5) is 14.3. The molecule has 1 unspecified atom stereocenters. The Morgan fingerprint density at radius 1 is 0.711 bits per heavy atom. The van der Waals surface area contributed by atoms with Gasteiger partial charge < -0.3 is 29.0 Å². The van der Waals surface area contributed by atoms with Gasteiger partial charge in [-0.2, -0.15) is 0 Å². The molecule has 0 aromatic rings. The van der Waals surface area contributed by atoms with Gasteiger partial charge in [-0.05, 0) is 39.9 Å². The van der Waals surface area contributed by atoms with Gasteiger partial charge in [0.2, 0.25) is 0 Å². The van der Waals surface area contributed by atoms with Crippen LogP contribution in [0.25, 0.3) is 0 Å². The van der Waals surface area contributed by atoms with E-state index in [4.69, 9.17) is 18.9 Å². The Balaban J connectivity index is 2.43. The van der Waals surface area contributed by atoms with Crippen molar-refractivity contribution in [3.63, 3.8) is 0 Å². The van der Waals surface area contributed by atoms with Gasteiger partial charge >= 0.3 is 5.97 Å². The molecule has 0 aromatic heterocycles. The normalized spacial score (nSPS) is 21.4. The molecule has 38 heavy (non-hydrogen) atoms. The number of hydrogen-bond acceptors (Lipinski definition) is 7. The van der Waals surface area contributed by atoms with E-state index in [1.165, 1.54) is 77.0 Å². The monoisotopic (exact) mass is 543 g/mol. The molecule has 0 saturated carbocycles. The van der Waals surface area contributed by atoms with E-state index in [9.17, 15) is 9.90 Å². The predicted molar refractivity (Wildman–Crippen MR) is 154 cm³/mol. The third-order valence-electron chi connectivity index (χ3n) is 7.30. The SMILES string of the molecule is CCCCCCCCCCOC1[C@H](O)O[C@H](COC(=O)CCCN(C)C)[C@@H]1OCCCCCCCCCC. The first-order chi connectivity index (χ1) is 18.5. The Morgan fingerprint density at radius 2 is 1.18 bits per heavy atom. The summed E-state index contributed by atoms with van der Waals surface area (Å²) in [7, 11) is 3.97. The van der Waals surface area contributed by atoms with Crippen LogP contribution < -0.4 is 0 Å². The van der Waals surface area contributed by atoms with E-state index in [1.807, 2.05) is 19.0 Å². The quantitative estimate of drug-likeness (QED) is 0.0968. The summed E-state index contributed by atoms with van der Waals surface area (Å²) in [5.74, 6) is -0.241. The Kier molecular flexibility index (Phi) is 22.4. The average Bonchev–Trinajstić information content (AvgIpc) is 3.19. The van der Waals surface area contributed by atoms with Crippen LogP contribution in [-0.4, -0.2) is 81.0 Å². The summed E-state index contributed by atoms with van der Waals surface area (Å²) in [6.07, 6.45) is 18.3. The maximum absolute atomic E-state index is 12.2. The van der Waals surface area contributed by atoms with Gasteiger partial charge in [0.15, 0.2) is 6.29 Å². The average molecular weight is 544 g/mol. The van der Waals surface area contributed by atoms with E-state index in [0.717, 1.165) is 38.6 Å². The minimum Gasteiger partial charge on any atom is -0.463 e. The van der Waals surface area contributed by atoms with Crippen molar-refractivity contribution in [2.24, 2.45) is 0 Å². The van der Waals surface area contributed by atoms with E-state index in [1.54, 1.807) is 0 Å². The molecule has 1 rings (SSSR count). The van der Waals surface area contributed by atoms with Crippen LogP contribution in [0.1, 0.15) is 129 Å². The lowest BCUT2D eigenvalue weighted by Gasteiger charge is -2.24. The summed E-state index contributed by atoms with van der Waals surface area (Å²) in [6.45, 7) is 6.58. The molecule has 1 aliphatic rings. The fourth-order valence-corrected chi connectivity index (χ4v) is 4.92. The maximum Gasteiger partial charge on any atom is 0.305 e. The molecule has 1 aliphatic heterocycles. The first-order valence-corrected chi connectivity index (χ1v) is 15.9. The van der Waals surface area contributed by atoms with Gasteiger partial charge in [-0.15, -0.1) is 0 Å². The van der Waals surface area contributed by atoms with Gasteiger partial charge in [-0.3, -0.25) is 4.79 Å². The summed E-state index contributed by atoms with van der Waals surface area (Å²) in [5.41, 5.74) is 0. The van der Waals surface area contributed by atoms with Crippen molar-refractivity contribution in [1.82, 2.24) is 4.90 Å². The van der Waals surface area contributed by atoms with Crippen LogP contribution in [0, 0.1) is 0 Å². The predicted octanol–water partition coefficient (Wildman–Crippen LogP) is 6.64. The van der Waals surface area contributed by atoms with Crippen LogP contribution in [0.3, 0.4) is 0 Å². The number of rotatable bonds is 26. The second-order valence-electron chi connectivity index (χ2n) is 11.3. The maximum atomic E-state index is 12.2. The molecule has 1 heterocycles. The highest BCUT2D eigenvalue weighted by Crippen LogP contribution is 2.27.